The van der Waals surface area contributed by atoms with E-state index in [0.29, 0.717) is 41.7 Å². The van der Waals surface area contributed by atoms with E-state index in [1.54, 1.807) is 37.1 Å². The van der Waals surface area contributed by atoms with Crippen LogP contribution in [0.4, 0.5) is 16.3 Å². The molecule has 0 saturated carbocycles. The van der Waals surface area contributed by atoms with Crippen molar-refractivity contribution in [2.75, 3.05) is 23.9 Å². The van der Waals surface area contributed by atoms with E-state index in [2.05, 4.69) is 21.4 Å². The standard InChI is InChI=1S/C20H23N5O3/c1-4-14-10-15(23-17-8-6-13(11-21)12-22-17)19-16(7-9-18(24-19)27-3)25(14)20(26)28-5-2/h6-9,12,14-15H,4-5,10H2,1-3H3,(H,22,23). The van der Waals surface area contributed by atoms with Gasteiger partial charge in [-0.3, -0.25) is 4.90 Å². The second-order valence-corrected chi connectivity index (χ2v) is 6.37. The van der Waals surface area contributed by atoms with Crippen LogP contribution in [0.5, 0.6) is 5.88 Å². The van der Waals surface area contributed by atoms with E-state index >= 15 is 0 Å². The summed E-state index contributed by atoms with van der Waals surface area (Å²) in [5.74, 6) is 1.11. The van der Waals surface area contributed by atoms with Gasteiger partial charge in [0.25, 0.3) is 0 Å². The Labute approximate surface area is 164 Å². The highest BCUT2D eigenvalue weighted by molar-refractivity contribution is 5.90. The van der Waals surface area contributed by atoms with Crippen molar-refractivity contribution in [2.45, 2.75) is 38.8 Å². The summed E-state index contributed by atoms with van der Waals surface area (Å²) in [5, 5.41) is 12.3. The monoisotopic (exact) mass is 381 g/mol. The van der Waals surface area contributed by atoms with Crippen LogP contribution in [-0.4, -0.2) is 35.8 Å². The first kappa shape index (κ1) is 19.4. The number of nitrogens with zero attached hydrogens (tertiary/aromatic N) is 4. The van der Waals surface area contributed by atoms with Crippen molar-refractivity contribution in [1.29, 1.82) is 5.26 Å². The molecule has 1 aliphatic heterocycles. The number of nitriles is 1. The molecule has 28 heavy (non-hydrogen) atoms. The number of methoxy groups -OCH3 is 1. The number of aromatic nitrogens is 2. The number of nitrogens with one attached hydrogen (secondary N) is 1. The van der Waals surface area contributed by atoms with Gasteiger partial charge < -0.3 is 14.8 Å². The fourth-order valence-electron chi connectivity index (χ4n) is 3.35. The minimum Gasteiger partial charge on any atom is -0.481 e. The zero-order chi connectivity index (χ0) is 20.1. The summed E-state index contributed by atoms with van der Waals surface area (Å²) < 4.78 is 10.6. The van der Waals surface area contributed by atoms with Crippen molar-refractivity contribution in [3.8, 4) is 11.9 Å². The Hall–Kier alpha value is -3.34. The van der Waals surface area contributed by atoms with Crippen LogP contribution in [0.25, 0.3) is 0 Å². The lowest BCUT2D eigenvalue weighted by Gasteiger charge is -2.39. The summed E-state index contributed by atoms with van der Waals surface area (Å²) in [6.45, 7) is 4.13. The predicted octanol–water partition coefficient (Wildman–Crippen LogP) is 3.66. The lowest BCUT2D eigenvalue weighted by molar-refractivity contribution is 0.155. The SMILES string of the molecule is CCOC(=O)N1c2ccc(OC)nc2C(Nc2ccc(C#N)cn2)CC1CC. The van der Waals surface area contributed by atoms with Crippen LogP contribution in [0.15, 0.2) is 30.5 Å². The molecular weight excluding hydrogens is 358 g/mol. The Bertz CT molecular complexity index is 878. The van der Waals surface area contributed by atoms with Crippen molar-refractivity contribution in [1.82, 2.24) is 9.97 Å². The van der Waals surface area contributed by atoms with E-state index in [1.807, 2.05) is 13.0 Å². The number of pyridine rings is 2. The first-order valence-electron chi connectivity index (χ1n) is 9.24. The highest BCUT2D eigenvalue weighted by atomic mass is 16.6. The number of carbonyl (C=O) groups is 1. The summed E-state index contributed by atoms with van der Waals surface area (Å²) in [6, 6.07) is 8.89. The summed E-state index contributed by atoms with van der Waals surface area (Å²) in [5.41, 5.74) is 1.89. The van der Waals surface area contributed by atoms with E-state index in [-0.39, 0.29) is 18.2 Å². The van der Waals surface area contributed by atoms with Crippen LogP contribution >= 0.6 is 0 Å². The molecule has 0 spiro atoms. The van der Waals surface area contributed by atoms with Crippen LogP contribution in [-0.2, 0) is 4.74 Å². The molecule has 3 rings (SSSR count). The number of rotatable bonds is 5. The van der Waals surface area contributed by atoms with E-state index in [9.17, 15) is 4.79 Å². The average molecular weight is 381 g/mol. The van der Waals surface area contributed by atoms with Gasteiger partial charge in [0.1, 0.15) is 11.9 Å². The van der Waals surface area contributed by atoms with Gasteiger partial charge >= 0.3 is 6.09 Å². The van der Waals surface area contributed by atoms with Crippen molar-refractivity contribution in [3.05, 3.63) is 41.7 Å². The smallest absolute Gasteiger partial charge is 0.414 e. The molecule has 1 N–H and O–H groups in total. The number of ether oxygens (including phenoxy) is 2. The van der Waals surface area contributed by atoms with Crippen LogP contribution < -0.4 is 15.0 Å². The molecule has 2 aromatic rings. The van der Waals surface area contributed by atoms with Crippen molar-refractivity contribution >= 4 is 17.6 Å². The number of anilines is 2. The third kappa shape index (κ3) is 3.83. The third-order valence-corrected chi connectivity index (χ3v) is 4.70. The average Bonchev–Trinajstić information content (AvgIpc) is 2.73. The second kappa shape index (κ2) is 8.57. The third-order valence-electron chi connectivity index (χ3n) is 4.70. The molecule has 8 heteroatoms. The zero-order valence-electron chi connectivity index (χ0n) is 16.2. The topological polar surface area (TPSA) is 100 Å². The van der Waals surface area contributed by atoms with Crippen LogP contribution in [0.1, 0.15) is 44.0 Å². The maximum atomic E-state index is 12.6. The molecule has 0 saturated heterocycles. The van der Waals surface area contributed by atoms with Gasteiger partial charge in [0.15, 0.2) is 0 Å². The maximum Gasteiger partial charge on any atom is 0.414 e. The van der Waals surface area contributed by atoms with Gasteiger partial charge in [-0.05, 0) is 38.0 Å². The second-order valence-electron chi connectivity index (χ2n) is 6.37. The largest absolute Gasteiger partial charge is 0.481 e. The number of carbonyl (C=O) groups excluding carboxylic acids is 1. The molecule has 2 atom stereocenters. The Kier molecular flexibility index (Phi) is 5.94. The van der Waals surface area contributed by atoms with E-state index in [4.69, 9.17) is 14.7 Å². The van der Waals surface area contributed by atoms with Gasteiger partial charge in [0.05, 0.1) is 36.7 Å². The highest BCUT2D eigenvalue weighted by Gasteiger charge is 2.37. The molecule has 0 fully saturated rings. The van der Waals surface area contributed by atoms with Crippen LogP contribution in [0, 0.1) is 11.3 Å². The lowest BCUT2D eigenvalue weighted by Crippen LogP contribution is -2.46. The summed E-state index contributed by atoms with van der Waals surface area (Å²) in [7, 11) is 1.56. The Morgan fingerprint density at radius 1 is 1.36 bits per heavy atom. The lowest BCUT2D eigenvalue weighted by atomic mass is 9.93. The molecule has 0 bridgehead atoms. The fraction of sp³-hybridized carbons (Fsp3) is 0.400. The zero-order valence-corrected chi connectivity index (χ0v) is 16.2. The first-order chi connectivity index (χ1) is 13.6. The molecule has 1 aliphatic rings. The Morgan fingerprint density at radius 2 is 2.18 bits per heavy atom. The molecule has 3 heterocycles. The molecule has 2 aromatic heterocycles. The van der Waals surface area contributed by atoms with Crippen molar-refractivity contribution < 1.29 is 14.3 Å². The summed E-state index contributed by atoms with van der Waals surface area (Å²) >= 11 is 0. The highest BCUT2D eigenvalue weighted by Crippen LogP contribution is 2.40. The molecule has 146 valence electrons. The van der Waals surface area contributed by atoms with E-state index < -0.39 is 0 Å². The number of hydrogen-bond donors (Lipinski definition) is 1. The Morgan fingerprint density at radius 3 is 2.79 bits per heavy atom. The van der Waals surface area contributed by atoms with Gasteiger partial charge in [-0.2, -0.15) is 5.26 Å². The van der Waals surface area contributed by atoms with Gasteiger partial charge in [0.2, 0.25) is 5.88 Å². The van der Waals surface area contributed by atoms with Crippen LogP contribution in [0.2, 0.25) is 0 Å². The molecule has 0 radical (unpaired) electrons. The quantitative estimate of drug-likeness (QED) is 0.843. The number of amides is 1. The molecule has 8 nitrogen and oxygen atoms in total. The fourth-order valence-corrected chi connectivity index (χ4v) is 3.35. The first-order valence-corrected chi connectivity index (χ1v) is 9.24. The Balaban J connectivity index is 1.99. The predicted molar refractivity (Wildman–Crippen MR) is 104 cm³/mol. The van der Waals surface area contributed by atoms with Crippen molar-refractivity contribution in [2.24, 2.45) is 0 Å². The van der Waals surface area contributed by atoms with Crippen molar-refractivity contribution in [3.63, 3.8) is 0 Å². The van der Waals surface area contributed by atoms with Gasteiger partial charge in [0, 0.05) is 18.3 Å². The minimum atomic E-state index is -0.377. The number of fused-ring (bicyclic) bond motifs is 1. The molecule has 0 aromatic carbocycles. The summed E-state index contributed by atoms with van der Waals surface area (Å²) in [6.07, 6.45) is 2.55. The molecular formula is C20H23N5O3. The number of hydrogen-bond acceptors (Lipinski definition) is 7. The van der Waals surface area contributed by atoms with E-state index in [0.717, 1.165) is 6.42 Å². The molecule has 2 unspecified atom stereocenters. The summed E-state index contributed by atoms with van der Waals surface area (Å²) in [4.78, 5) is 23.2. The normalized spacial score (nSPS) is 18.0. The maximum absolute atomic E-state index is 12.6. The van der Waals surface area contributed by atoms with Crippen LogP contribution in [0.3, 0.4) is 0 Å². The van der Waals surface area contributed by atoms with E-state index in [1.165, 1.54) is 6.20 Å². The van der Waals surface area contributed by atoms with Gasteiger partial charge in [-0.1, -0.05) is 6.92 Å². The molecule has 0 aliphatic carbocycles. The molecule has 1 amide bonds. The van der Waals surface area contributed by atoms with Gasteiger partial charge in [-0.25, -0.2) is 14.8 Å². The minimum absolute atomic E-state index is 0.0439. The van der Waals surface area contributed by atoms with Gasteiger partial charge in [-0.15, -0.1) is 0 Å².